The van der Waals surface area contributed by atoms with Crippen molar-refractivity contribution in [2.75, 3.05) is 0 Å². The number of aliphatic imine (C=N–C) groups is 1. The molecule has 0 aromatic carbocycles. The monoisotopic (exact) mass is 486 g/mol. The first kappa shape index (κ1) is 24.3. The number of nitrogens with two attached hydrogens (primary N) is 1. The predicted octanol–water partition coefficient (Wildman–Crippen LogP) is 3.35. The molecule has 4 aliphatic carbocycles. The van der Waals surface area contributed by atoms with E-state index in [4.69, 9.17) is 20.2 Å². The molecule has 1 heterocycles. The highest BCUT2D eigenvalue weighted by atomic mass is 16.5. The number of hydrogen-bond acceptors (Lipinski definition) is 7. The predicted molar refractivity (Wildman–Crippen MR) is 130 cm³/mol. The van der Waals surface area contributed by atoms with Gasteiger partial charge in [0.05, 0.1) is 5.71 Å². The number of fused-ring (bicyclic) bond motifs is 7. The lowest BCUT2D eigenvalue weighted by molar-refractivity contribution is -0.168. The summed E-state index contributed by atoms with van der Waals surface area (Å²) in [6.45, 7) is 9.64. The molecule has 5 rings (SSSR count). The number of primary amides is 1. The van der Waals surface area contributed by atoms with Gasteiger partial charge < -0.3 is 15.2 Å². The summed E-state index contributed by atoms with van der Waals surface area (Å²) in [6, 6.07) is -0.730. The second-order valence-electron chi connectivity index (χ2n) is 12.0. The Labute approximate surface area is 206 Å². The number of esters is 1. The second-order valence-corrected chi connectivity index (χ2v) is 12.0. The Morgan fingerprint density at radius 1 is 1.20 bits per heavy atom. The van der Waals surface area contributed by atoms with Crippen molar-refractivity contribution in [2.24, 2.45) is 50.3 Å². The fourth-order valence-electron chi connectivity index (χ4n) is 9.13. The van der Waals surface area contributed by atoms with E-state index in [-0.39, 0.29) is 41.3 Å². The van der Waals surface area contributed by atoms with E-state index in [0.717, 1.165) is 38.5 Å². The minimum absolute atomic E-state index is 0.000421. The van der Waals surface area contributed by atoms with Crippen molar-refractivity contribution in [3.05, 3.63) is 0 Å². The van der Waals surface area contributed by atoms with Crippen LogP contribution >= 0.6 is 0 Å². The fraction of sp³-hybridized carbons (Fsp3) is 0.808. The molecule has 9 heteroatoms. The summed E-state index contributed by atoms with van der Waals surface area (Å²) in [6.07, 6.45) is 5.54. The van der Waals surface area contributed by atoms with Crippen molar-refractivity contribution in [1.29, 1.82) is 0 Å². The summed E-state index contributed by atoms with van der Waals surface area (Å²) in [5, 5.41) is 4.30. The van der Waals surface area contributed by atoms with Gasteiger partial charge in [-0.1, -0.05) is 13.8 Å². The third-order valence-electron chi connectivity index (χ3n) is 10.4. The van der Waals surface area contributed by atoms with E-state index in [9.17, 15) is 14.4 Å². The topological polar surface area (TPSA) is 132 Å². The molecule has 4 fully saturated rings. The zero-order valence-corrected chi connectivity index (χ0v) is 21.4. The number of urea groups is 1. The third kappa shape index (κ3) is 3.36. The van der Waals surface area contributed by atoms with Gasteiger partial charge in [-0.05, 0) is 68.6 Å². The van der Waals surface area contributed by atoms with E-state index in [1.165, 1.54) is 6.92 Å². The van der Waals surface area contributed by atoms with E-state index >= 15 is 0 Å². The van der Waals surface area contributed by atoms with Gasteiger partial charge in [0.1, 0.15) is 23.5 Å². The Kier molecular flexibility index (Phi) is 5.57. The number of hydrazone groups is 1. The summed E-state index contributed by atoms with van der Waals surface area (Å²) >= 11 is 0. The number of nitrogens with one attached hydrogen (secondary N) is 1. The Balaban J connectivity index is 1.49. The van der Waals surface area contributed by atoms with Crippen LogP contribution in [0.5, 0.6) is 0 Å². The van der Waals surface area contributed by atoms with Crippen LogP contribution in [0.4, 0.5) is 4.79 Å². The number of hydrogen-bond donors (Lipinski definition) is 2. The highest BCUT2D eigenvalue weighted by molar-refractivity contribution is 6.00. The molecule has 5 aliphatic rings. The molecule has 192 valence electrons. The van der Waals surface area contributed by atoms with Gasteiger partial charge in [0, 0.05) is 31.6 Å². The van der Waals surface area contributed by atoms with Crippen LogP contribution in [0.15, 0.2) is 10.1 Å². The Bertz CT molecular complexity index is 1030. The summed E-state index contributed by atoms with van der Waals surface area (Å²) < 4.78 is 11.8. The number of carbonyl (C=O) groups excluding carboxylic acids is 3. The lowest BCUT2D eigenvalue weighted by Gasteiger charge is -2.60. The van der Waals surface area contributed by atoms with Crippen molar-refractivity contribution < 1.29 is 23.9 Å². The second kappa shape index (κ2) is 8.03. The fourth-order valence-corrected chi connectivity index (χ4v) is 9.13. The summed E-state index contributed by atoms with van der Waals surface area (Å²) in [5.74, 6) is 1.57. The maximum Gasteiger partial charge on any atom is 0.332 e. The maximum absolute atomic E-state index is 14.1. The van der Waals surface area contributed by atoms with Crippen molar-refractivity contribution >= 4 is 29.4 Å². The third-order valence-corrected chi connectivity index (χ3v) is 10.4. The van der Waals surface area contributed by atoms with Crippen LogP contribution in [-0.2, 0) is 19.1 Å². The molecule has 35 heavy (non-hydrogen) atoms. The SMILES string of the molecule is CC(=O)O[C@H]1CC[C@@]2(C)[C@@H](CC[C@@H]3[C@@H]2C(=O)C[C@@]2(C)[C@H]3C[C@H]3OC(C)=N[C@]32/C(C)=N\NC(N)=O)C1. The van der Waals surface area contributed by atoms with E-state index in [1.54, 1.807) is 0 Å². The molecule has 2 amide bonds. The molecule has 9 nitrogen and oxygen atoms in total. The molecular weight excluding hydrogens is 448 g/mol. The van der Waals surface area contributed by atoms with E-state index in [0.29, 0.717) is 29.7 Å². The number of rotatable bonds is 3. The van der Waals surface area contributed by atoms with Gasteiger partial charge in [0.2, 0.25) is 0 Å². The highest BCUT2D eigenvalue weighted by Gasteiger charge is 2.73. The van der Waals surface area contributed by atoms with E-state index in [1.807, 2.05) is 13.8 Å². The Morgan fingerprint density at radius 3 is 2.63 bits per heavy atom. The first-order valence-corrected chi connectivity index (χ1v) is 13.0. The van der Waals surface area contributed by atoms with Crippen LogP contribution in [0.25, 0.3) is 0 Å². The molecule has 0 aromatic heterocycles. The smallest absolute Gasteiger partial charge is 0.332 e. The molecule has 9 atom stereocenters. The van der Waals surface area contributed by atoms with Gasteiger partial charge in [-0.3, -0.25) is 9.59 Å². The van der Waals surface area contributed by atoms with Crippen molar-refractivity contribution in [1.82, 2.24) is 5.43 Å². The van der Waals surface area contributed by atoms with Crippen molar-refractivity contribution in [2.45, 2.75) is 97.3 Å². The number of ether oxygens (including phenoxy) is 2. The molecule has 0 spiro atoms. The lowest BCUT2D eigenvalue weighted by Crippen LogP contribution is -2.62. The zero-order valence-electron chi connectivity index (χ0n) is 21.4. The highest BCUT2D eigenvalue weighted by Crippen LogP contribution is 2.69. The standard InChI is InChI=1S/C26H38N4O5/c1-13(29-30-23(27)33)26-21(34-14(2)28-26)11-19-18-7-6-16-10-17(35-15(3)31)8-9-24(16,4)22(18)20(32)12-25(19,26)5/h16-19,21-22H,6-12H2,1-5H3,(H3,27,30,33)/b29-13-/t16-,17-,18-,19-,21+,22+,24-,25-,26+/m0/s1. The minimum atomic E-state index is -0.796. The molecule has 0 aromatic rings. The van der Waals surface area contributed by atoms with Crippen LogP contribution in [0.3, 0.4) is 0 Å². The number of ketones is 1. The van der Waals surface area contributed by atoms with Crippen molar-refractivity contribution in [3.8, 4) is 0 Å². The van der Waals surface area contributed by atoms with Gasteiger partial charge in [0.25, 0.3) is 0 Å². The molecular formula is C26H38N4O5. The molecule has 0 radical (unpaired) electrons. The first-order chi connectivity index (χ1) is 16.4. The summed E-state index contributed by atoms with van der Waals surface area (Å²) in [5.41, 5.74) is 6.95. The van der Waals surface area contributed by atoms with E-state index < -0.39 is 17.0 Å². The average Bonchev–Trinajstić information content (AvgIpc) is 3.22. The van der Waals surface area contributed by atoms with Crippen LogP contribution in [0.1, 0.15) is 79.6 Å². The maximum atomic E-state index is 14.1. The average molecular weight is 487 g/mol. The van der Waals surface area contributed by atoms with Gasteiger partial charge >= 0.3 is 12.0 Å². The number of nitrogens with zero attached hydrogens (tertiary/aromatic N) is 2. The molecule has 3 N–H and O–H groups in total. The van der Waals surface area contributed by atoms with Crippen LogP contribution in [0, 0.1) is 34.5 Å². The number of Topliss-reactive ketones (excluding diaryl/α,β-unsaturated/α-hetero) is 1. The Morgan fingerprint density at radius 2 is 1.94 bits per heavy atom. The molecule has 0 saturated heterocycles. The minimum Gasteiger partial charge on any atom is -0.475 e. The first-order valence-electron chi connectivity index (χ1n) is 13.0. The quantitative estimate of drug-likeness (QED) is 0.359. The number of amides is 2. The lowest BCUT2D eigenvalue weighted by atomic mass is 9.43. The van der Waals surface area contributed by atoms with E-state index in [2.05, 4.69) is 24.4 Å². The summed E-state index contributed by atoms with van der Waals surface area (Å²) in [4.78, 5) is 42.0. The normalized spacial score (nSPS) is 46.4. The van der Waals surface area contributed by atoms with Gasteiger partial charge in [-0.2, -0.15) is 5.10 Å². The molecule has 0 bridgehead atoms. The van der Waals surface area contributed by atoms with Crippen LogP contribution < -0.4 is 11.2 Å². The molecule has 0 unspecified atom stereocenters. The molecule has 4 saturated carbocycles. The number of carbonyl (C=O) groups is 3. The van der Waals surface area contributed by atoms with Gasteiger partial charge in [-0.15, -0.1) is 0 Å². The van der Waals surface area contributed by atoms with Gasteiger partial charge in [0.15, 0.2) is 5.90 Å². The van der Waals surface area contributed by atoms with Gasteiger partial charge in [-0.25, -0.2) is 15.2 Å². The van der Waals surface area contributed by atoms with Crippen LogP contribution in [0.2, 0.25) is 0 Å². The zero-order chi connectivity index (χ0) is 25.3. The van der Waals surface area contributed by atoms with Crippen LogP contribution in [-0.4, -0.2) is 47.1 Å². The largest absolute Gasteiger partial charge is 0.475 e. The van der Waals surface area contributed by atoms with Crippen molar-refractivity contribution in [3.63, 3.8) is 0 Å². The molecule has 1 aliphatic heterocycles. The Hall–Kier alpha value is -2.45. The summed E-state index contributed by atoms with van der Waals surface area (Å²) in [7, 11) is 0.